The first kappa shape index (κ1) is 31.3. The second kappa shape index (κ2) is 12.7. The maximum absolute atomic E-state index is 6.41. The Kier molecular flexibility index (Phi) is 7.25. The molecule has 0 N–H and O–H groups in total. The molecule has 0 fully saturated rings. The first-order valence-corrected chi connectivity index (χ1v) is 18.9. The summed E-state index contributed by atoms with van der Waals surface area (Å²) in [5.74, 6) is 0. The van der Waals surface area contributed by atoms with E-state index in [0.717, 1.165) is 33.1 Å². The summed E-state index contributed by atoms with van der Waals surface area (Å²) in [5, 5.41) is 9.76. The van der Waals surface area contributed by atoms with E-state index in [1.807, 2.05) is 12.1 Å². The molecule has 256 valence electrons. The third-order valence-corrected chi connectivity index (χ3v) is 11.3. The van der Waals surface area contributed by atoms with Crippen LogP contribution in [-0.2, 0) is 0 Å². The van der Waals surface area contributed by atoms with Crippen LogP contribution in [0.5, 0.6) is 0 Å². The van der Waals surface area contributed by atoms with Gasteiger partial charge in [-0.1, -0.05) is 194 Å². The molecule has 0 aliphatic carbocycles. The van der Waals surface area contributed by atoms with E-state index in [4.69, 9.17) is 4.42 Å². The molecule has 1 nitrogen and oxygen atoms in total. The van der Waals surface area contributed by atoms with Crippen LogP contribution in [0.4, 0.5) is 0 Å². The average Bonchev–Trinajstić information content (AvgIpc) is 3.65. The van der Waals surface area contributed by atoms with Crippen molar-refractivity contribution in [1.29, 1.82) is 0 Å². The molecule has 10 aromatic carbocycles. The Bertz CT molecular complexity index is 3180. The van der Waals surface area contributed by atoms with E-state index in [0.29, 0.717) is 0 Å². The van der Waals surface area contributed by atoms with E-state index in [2.05, 4.69) is 194 Å². The van der Waals surface area contributed by atoms with Gasteiger partial charge in [0, 0.05) is 16.3 Å². The fraction of sp³-hybridized carbons (Fsp3) is 0. The van der Waals surface area contributed by atoms with Crippen LogP contribution in [0.25, 0.3) is 110 Å². The molecular weight excluding hydrogens is 665 g/mol. The Hall–Kier alpha value is -7.22. The van der Waals surface area contributed by atoms with Crippen LogP contribution >= 0.6 is 0 Å². The molecule has 11 rings (SSSR count). The minimum absolute atomic E-state index is 0.916. The molecule has 0 aliphatic heterocycles. The number of hydrogen-bond donors (Lipinski definition) is 0. The zero-order valence-electron chi connectivity index (χ0n) is 30.0. The third-order valence-electron chi connectivity index (χ3n) is 11.3. The highest BCUT2D eigenvalue weighted by atomic mass is 16.3. The number of benzene rings is 10. The number of fused-ring (bicyclic) bond motifs is 6. The lowest BCUT2D eigenvalue weighted by Gasteiger charge is -2.19. The largest absolute Gasteiger partial charge is 0.455 e. The molecule has 0 bridgehead atoms. The molecule has 0 saturated carbocycles. The number of para-hydroxylation sites is 2. The standard InChI is InChI=1S/C54H34O/c1-2-15-37(16-3-1)51-41-19-5-4-14-35(41)32-33-42(51)39-17-12-18-40(34-39)53-47-23-8-6-21-45(47)52(46-22-7-9-24-48(46)53)38-30-28-36(29-31-38)43-25-13-26-49-44-20-10-11-27-50(44)55-54(43)49/h1-34H. The molecule has 0 amide bonds. The van der Waals surface area contributed by atoms with Gasteiger partial charge in [-0.25, -0.2) is 0 Å². The van der Waals surface area contributed by atoms with Crippen LogP contribution in [-0.4, -0.2) is 0 Å². The second-order valence-corrected chi connectivity index (χ2v) is 14.4. The van der Waals surface area contributed by atoms with Crippen molar-refractivity contribution in [3.05, 3.63) is 206 Å². The van der Waals surface area contributed by atoms with Gasteiger partial charge < -0.3 is 4.42 Å². The van der Waals surface area contributed by atoms with Gasteiger partial charge in [-0.2, -0.15) is 0 Å². The molecule has 0 radical (unpaired) electrons. The van der Waals surface area contributed by atoms with E-state index < -0.39 is 0 Å². The summed E-state index contributed by atoms with van der Waals surface area (Å²) < 4.78 is 6.41. The molecule has 0 atom stereocenters. The van der Waals surface area contributed by atoms with Gasteiger partial charge in [0.1, 0.15) is 11.2 Å². The first-order valence-electron chi connectivity index (χ1n) is 18.9. The fourth-order valence-corrected chi connectivity index (χ4v) is 8.81. The van der Waals surface area contributed by atoms with Crippen molar-refractivity contribution in [2.45, 2.75) is 0 Å². The normalized spacial score (nSPS) is 11.6. The van der Waals surface area contributed by atoms with Gasteiger partial charge in [-0.05, 0) is 94.5 Å². The lowest BCUT2D eigenvalue weighted by molar-refractivity contribution is 0.670. The van der Waals surface area contributed by atoms with E-state index in [-0.39, 0.29) is 0 Å². The first-order chi connectivity index (χ1) is 27.3. The highest BCUT2D eigenvalue weighted by Gasteiger charge is 2.19. The molecular formula is C54H34O. The fourth-order valence-electron chi connectivity index (χ4n) is 8.81. The van der Waals surface area contributed by atoms with Gasteiger partial charge in [0.2, 0.25) is 0 Å². The Morgan fingerprint density at radius 3 is 1.49 bits per heavy atom. The van der Waals surface area contributed by atoms with Crippen molar-refractivity contribution in [3.63, 3.8) is 0 Å². The maximum Gasteiger partial charge on any atom is 0.143 e. The molecule has 0 aliphatic rings. The van der Waals surface area contributed by atoms with Gasteiger partial charge in [0.25, 0.3) is 0 Å². The Morgan fingerprint density at radius 1 is 0.255 bits per heavy atom. The summed E-state index contributed by atoms with van der Waals surface area (Å²) in [4.78, 5) is 0. The summed E-state index contributed by atoms with van der Waals surface area (Å²) in [7, 11) is 0. The van der Waals surface area contributed by atoms with E-state index in [1.165, 1.54) is 76.8 Å². The zero-order chi connectivity index (χ0) is 36.3. The van der Waals surface area contributed by atoms with Crippen LogP contribution in [0, 0.1) is 0 Å². The minimum Gasteiger partial charge on any atom is -0.455 e. The highest BCUT2D eigenvalue weighted by Crippen LogP contribution is 2.46. The summed E-state index contributed by atoms with van der Waals surface area (Å²) in [5.41, 5.74) is 13.9. The number of rotatable bonds is 5. The van der Waals surface area contributed by atoms with Crippen LogP contribution in [0.3, 0.4) is 0 Å². The molecule has 0 saturated heterocycles. The van der Waals surface area contributed by atoms with E-state index >= 15 is 0 Å². The molecule has 1 heterocycles. The van der Waals surface area contributed by atoms with E-state index in [1.54, 1.807) is 0 Å². The van der Waals surface area contributed by atoms with Gasteiger partial charge in [-0.15, -0.1) is 0 Å². The monoisotopic (exact) mass is 698 g/mol. The predicted octanol–water partition coefficient (Wildman–Crippen LogP) is 15.4. The van der Waals surface area contributed by atoms with Crippen LogP contribution in [0.2, 0.25) is 0 Å². The third kappa shape index (κ3) is 5.09. The van der Waals surface area contributed by atoms with Gasteiger partial charge >= 0.3 is 0 Å². The van der Waals surface area contributed by atoms with Crippen molar-refractivity contribution >= 4 is 54.3 Å². The molecule has 55 heavy (non-hydrogen) atoms. The van der Waals surface area contributed by atoms with Crippen molar-refractivity contribution in [2.75, 3.05) is 0 Å². The summed E-state index contributed by atoms with van der Waals surface area (Å²) in [6.45, 7) is 0. The summed E-state index contributed by atoms with van der Waals surface area (Å²) >= 11 is 0. The predicted molar refractivity (Wildman–Crippen MR) is 233 cm³/mol. The molecule has 0 unspecified atom stereocenters. The van der Waals surface area contributed by atoms with Crippen molar-refractivity contribution in [2.24, 2.45) is 0 Å². The minimum atomic E-state index is 0.916. The lowest BCUT2D eigenvalue weighted by Crippen LogP contribution is -1.92. The average molecular weight is 699 g/mol. The SMILES string of the molecule is c1ccc(-c2c(-c3cccc(-c4c5ccccc5c(-c5ccc(-c6cccc7c6oc6ccccc67)cc5)c5ccccc45)c3)ccc3ccccc23)cc1. The molecule has 0 spiro atoms. The smallest absolute Gasteiger partial charge is 0.143 e. The van der Waals surface area contributed by atoms with Crippen LogP contribution < -0.4 is 0 Å². The Morgan fingerprint density at radius 2 is 0.764 bits per heavy atom. The van der Waals surface area contributed by atoms with Gasteiger partial charge in [-0.3, -0.25) is 0 Å². The van der Waals surface area contributed by atoms with Gasteiger partial charge in [0.05, 0.1) is 0 Å². The van der Waals surface area contributed by atoms with Crippen LogP contribution in [0.15, 0.2) is 211 Å². The lowest BCUT2D eigenvalue weighted by atomic mass is 9.84. The van der Waals surface area contributed by atoms with Crippen molar-refractivity contribution in [1.82, 2.24) is 0 Å². The highest BCUT2D eigenvalue weighted by molar-refractivity contribution is 6.21. The maximum atomic E-state index is 6.41. The summed E-state index contributed by atoms with van der Waals surface area (Å²) in [6, 6.07) is 74.8. The molecule has 1 aromatic heterocycles. The molecule has 1 heteroatoms. The van der Waals surface area contributed by atoms with Crippen molar-refractivity contribution in [3.8, 4) is 55.6 Å². The topological polar surface area (TPSA) is 13.1 Å². The zero-order valence-corrected chi connectivity index (χ0v) is 30.0. The number of hydrogen-bond acceptors (Lipinski definition) is 1. The summed E-state index contributed by atoms with van der Waals surface area (Å²) in [6.07, 6.45) is 0. The quantitative estimate of drug-likeness (QED) is 0.163. The Labute approximate surface area is 319 Å². The number of furan rings is 1. The molecule has 11 aromatic rings. The Balaban J connectivity index is 1.08. The van der Waals surface area contributed by atoms with Crippen molar-refractivity contribution < 1.29 is 4.42 Å². The van der Waals surface area contributed by atoms with Crippen LogP contribution in [0.1, 0.15) is 0 Å². The van der Waals surface area contributed by atoms with E-state index in [9.17, 15) is 0 Å². The second-order valence-electron chi connectivity index (χ2n) is 14.4. The van der Waals surface area contributed by atoms with Gasteiger partial charge in [0.15, 0.2) is 0 Å².